The first kappa shape index (κ1) is 12.0. The highest BCUT2D eigenvalue weighted by Gasteiger charge is 2.13. The number of anilines is 1. The van der Waals surface area contributed by atoms with Gasteiger partial charge in [-0.15, -0.1) is 0 Å². The molecule has 1 heterocycles. The highest BCUT2D eigenvalue weighted by atomic mass is 19.1. The fourth-order valence-electron chi connectivity index (χ4n) is 1.49. The number of hydrogen-bond donors (Lipinski definition) is 2. The SMILES string of the molecule is O=C(O)c1cccc(F)c1NCc1cccnn1. The molecule has 2 rings (SSSR count). The number of para-hydroxylation sites is 1. The number of hydrogen-bond acceptors (Lipinski definition) is 4. The van der Waals surface area contributed by atoms with Gasteiger partial charge in [-0.2, -0.15) is 10.2 Å². The van der Waals surface area contributed by atoms with Crippen molar-refractivity contribution in [1.29, 1.82) is 0 Å². The summed E-state index contributed by atoms with van der Waals surface area (Å²) in [7, 11) is 0. The Bertz CT molecular complexity index is 561. The highest BCUT2D eigenvalue weighted by Crippen LogP contribution is 2.20. The van der Waals surface area contributed by atoms with Crippen molar-refractivity contribution in [3.05, 3.63) is 53.6 Å². The fraction of sp³-hybridized carbons (Fsp3) is 0.0833. The smallest absolute Gasteiger partial charge is 0.337 e. The van der Waals surface area contributed by atoms with E-state index in [2.05, 4.69) is 15.5 Å². The van der Waals surface area contributed by atoms with E-state index in [0.29, 0.717) is 5.69 Å². The van der Waals surface area contributed by atoms with Gasteiger partial charge in [-0.1, -0.05) is 6.07 Å². The van der Waals surface area contributed by atoms with E-state index in [-0.39, 0.29) is 17.8 Å². The molecule has 0 bridgehead atoms. The molecule has 1 aromatic carbocycles. The second-order valence-corrected chi connectivity index (χ2v) is 3.54. The fourth-order valence-corrected chi connectivity index (χ4v) is 1.49. The van der Waals surface area contributed by atoms with Crippen LogP contribution in [0.5, 0.6) is 0 Å². The number of nitrogens with zero attached hydrogens (tertiary/aromatic N) is 2. The standard InChI is InChI=1S/C12H10FN3O2/c13-10-5-1-4-9(12(17)18)11(10)14-7-8-3-2-6-15-16-8/h1-6,14H,7H2,(H,17,18). The van der Waals surface area contributed by atoms with Crippen LogP contribution in [-0.4, -0.2) is 21.3 Å². The molecular weight excluding hydrogens is 237 g/mol. The van der Waals surface area contributed by atoms with E-state index in [4.69, 9.17) is 5.11 Å². The molecule has 0 aliphatic rings. The van der Waals surface area contributed by atoms with Crippen molar-refractivity contribution in [3.63, 3.8) is 0 Å². The number of halogens is 1. The molecule has 6 heteroatoms. The Balaban J connectivity index is 2.21. The number of carboxylic acids is 1. The Morgan fingerprint density at radius 3 is 2.83 bits per heavy atom. The van der Waals surface area contributed by atoms with Crippen molar-refractivity contribution >= 4 is 11.7 Å². The van der Waals surface area contributed by atoms with E-state index < -0.39 is 11.8 Å². The summed E-state index contributed by atoms with van der Waals surface area (Å²) in [6.07, 6.45) is 1.52. The van der Waals surface area contributed by atoms with Crippen molar-refractivity contribution in [2.45, 2.75) is 6.54 Å². The number of rotatable bonds is 4. The monoisotopic (exact) mass is 247 g/mol. The molecule has 1 aromatic heterocycles. The van der Waals surface area contributed by atoms with Crippen molar-refractivity contribution < 1.29 is 14.3 Å². The van der Waals surface area contributed by atoms with Crippen molar-refractivity contribution in [2.75, 3.05) is 5.32 Å². The zero-order valence-corrected chi connectivity index (χ0v) is 9.30. The third kappa shape index (κ3) is 2.60. The molecule has 0 atom stereocenters. The molecule has 2 N–H and O–H groups in total. The summed E-state index contributed by atoms with van der Waals surface area (Å²) in [6.45, 7) is 0.203. The van der Waals surface area contributed by atoms with Crippen LogP contribution < -0.4 is 5.32 Å². The van der Waals surface area contributed by atoms with Gasteiger partial charge in [0.2, 0.25) is 0 Å². The molecule has 0 aliphatic heterocycles. The number of benzene rings is 1. The maximum Gasteiger partial charge on any atom is 0.337 e. The summed E-state index contributed by atoms with van der Waals surface area (Å²) < 4.78 is 13.6. The summed E-state index contributed by atoms with van der Waals surface area (Å²) >= 11 is 0. The van der Waals surface area contributed by atoms with Crippen LogP contribution in [0, 0.1) is 5.82 Å². The average molecular weight is 247 g/mol. The van der Waals surface area contributed by atoms with Crippen LogP contribution in [0.25, 0.3) is 0 Å². The lowest BCUT2D eigenvalue weighted by Crippen LogP contribution is -2.09. The van der Waals surface area contributed by atoms with Crippen LogP contribution in [-0.2, 0) is 6.54 Å². The van der Waals surface area contributed by atoms with Gasteiger partial charge in [0, 0.05) is 6.20 Å². The van der Waals surface area contributed by atoms with Gasteiger partial charge >= 0.3 is 5.97 Å². The Labute approximate surface area is 102 Å². The van der Waals surface area contributed by atoms with Crippen LogP contribution in [0.3, 0.4) is 0 Å². The van der Waals surface area contributed by atoms with Crippen LogP contribution >= 0.6 is 0 Å². The predicted molar refractivity (Wildman–Crippen MR) is 62.7 cm³/mol. The lowest BCUT2D eigenvalue weighted by molar-refractivity contribution is 0.0697. The summed E-state index contributed by atoms with van der Waals surface area (Å²) in [5.74, 6) is -1.80. The summed E-state index contributed by atoms with van der Waals surface area (Å²) in [5.41, 5.74) is 0.437. The molecule has 92 valence electrons. The van der Waals surface area contributed by atoms with Crippen LogP contribution in [0.15, 0.2) is 36.5 Å². The zero-order valence-electron chi connectivity index (χ0n) is 9.30. The van der Waals surface area contributed by atoms with E-state index in [1.165, 1.54) is 24.4 Å². The maximum atomic E-state index is 13.6. The molecule has 0 aliphatic carbocycles. The van der Waals surface area contributed by atoms with Gasteiger partial charge in [-0.3, -0.25) is 0 Å². The molecule has 0 amide bonds. The van der Waals surface area contributed by atoms with Crippen LogP contribution in [0.1, 0.15) is 16.1 Å². The summed E-state index contributed by atoms with van der Waals surface area (Å²) in [4.78, 5) is 11.0. The number of aromatic nitrogens is 2. The molecule has 0 radical (unpaired) electrons. The predicted octanol–water partition coefficient (Wildman–Crippen LogP) is 1.93. The average Bonchev–Trinajstić information content (AvgIpc) is 2.38. The normalized spacial score (nSPS) is 10.1. The van der Waals surface area contributed by atoms with Gasteiger partial charge in [0.05, 0.1) is 23.5 Å². The molecule has 18 heavy (non-hydrogen) atoms. The third-order valence-corrected chi connectivity index (χ3v) is 2.32. The third-order valence-electron chi connectivity index (χ3n) is 2.32. The van der Waals surface area contributed by atoms with Gasteiger partial charge in [-0.05, 0) is 24.3 Å². The van der Waals surface area contributed by atoms with Crippen molar-refractivity contribution in [3.8, 4) is 0 Å². The van der Waals surface area contributed by atoms with Crippen LogP contribution in [0.4, 0.5) is 10.1 Å². The van der Waals surface area contributed by atoms with E-state index >= 15 is 0 Å². The Hall–Kier alpha value is -2.50. The first-order valence-electron chi connectivity index (χ1n) is 5.20. The second kappa shape index (κ2) is 5.22. The van der Waals surface area contributed by atoms with Crippen molar-refractivity contribution in [1.82, 2.24) is 10.2 Å². The van der Waals surface area contributed by atoms with E-state index in [0.717, 1.165) is 0 Å². The largest absolute Gasteiger partial charge is 0.478 e. The van der Waals surface area contributed by atoms with Gasteiger partial charge in [0.1, 0.15) is 5.82 Å². The molecule has 0 spiro atoms. The number of carbonyl (C=O) groups is 1. The minimum atomic E-state index is -1.18. The van der Waals surface area contributed by atoms with E-state index in [1.54, 1.807) is 12.1 Å². The topological polar surface area (TPSA) is 75.1 Å². The van der Waals surface area contributed by atoms with Gasteiger partial charge in [0.15, 0.2) is 0 Å². The zero-order chi connectivity index (χ0) is 13.0. The lowest BCUT2D eigenvalue weighted by atomic mass is 10.1. The lowest BCUT2D eigenvalue weighted by Gasteiger charge is -2.09. The number of aromatic carboxylic acids is 1. The van der Waals surface area contributed by atoms with E-state index in [1.807, 2.05) is 0 Å². The van der Waals surface area contributed by atoms with E-state index in [9.17, 15) is 9.18 Å². The maximum absolute atomic E-state index is 13.6. The van der Waals surface area contributed by atoms with Crippen LogP contribution in [0.2, 0.25) is 0 Å². The number of carboxylic acid groups (broad SMARTS) is 1. The number of nitrogens with one attached hydrogen (secondary N) is 1. The molecule has 0 unspecified atom stereocenters. The summed E-state index contributed by atoms with van der Waals surface area (Å²) in [6, 6.07) is 7.30. The van der Waals surface area contributed by atoms with Crippen molar-refractivity contribution in [2.24, 2.45) is 0 Å². The second-order valence-electron chi connectivity index (χ2n) is 3.54. The summed E-state index contributed by atoms with van der Waals surface area (Å²) in [5, 5.41) is 19.2. The molecule has 2 aromatic rings. The molecule has 0 saturated heterocycles. The first-order chi connectivity index (χ1) is 8.68. The van der Waals surface area contributed by atoms with Gasteiger partial charge in [-0.25, -0.2) is 9.18 Å². The van der Waals surface area contributed by atoms with Gasteiger partial charge in [0.25, 0.3) is 0 Å². The van der Waals surface area contributed by atoms with Gasteiger partial charge < -0.3 is 10.4 Å². The molecule has 5 nitrogen and oxygen atoms in total. The minimum absolute atomic E-state index is 0.0457. The Kier molecular flexibility index (Phi) is 3.47. The Morgan fingerprint density at radius 2 is 2.17 bits per heavy atom. The molecule has 0 fully saturated rings. The molecular formula is C12H10FN3O2. The quantitative estimate of drug-likeness (QED) is 0.863. The Morgan fingerprint density at radius 1 is 1.33 bits per heavy atom. The first-order valence-corrected chi connectivity index (χ1v) is 5.20. The minimum Gasteiger partial charge on any atom is -0.478 e. The highest BCUT2D eigenvalue weighted by molar-refractivity contribution is 5.94. The molecule has 0 saturated carbocycles.